The van der Waals surface area contributed by atoms with Crippen LogP contribution in [-0.2, 0) is 0 Å². The van der Waals surface area contributed by atoms with Crippen LogP contribution in [0.4, 0.5) is 17.1 Å². The van der Waals surface area contributed by atoms with Crippen molar-refractivity contribution in [1.82, 2.24) is 0 Å². The number of para-hydroxylation sites is 3. The second-order valence-corrected chi connectivity index (χ2v) is 9.71. The van der Waals surface area contributed by atoms with Crippen LogP contribution in [0, 0.1) is 0 Å². The van der Waals surface area contributed by atoms with Crippen molar-refractivity contribution in [1.29, 1.82) is 0 Å². The SMILES string of the molecule is [2H]c1c([2H])c([2H])c(N(c2c([2H])c([2H])c(-c3c([2H])c([2H])c([2H])c4c3oc3c([2H])c([2H])c([2H])c([2H])c34)c([2H])c2[2H])c2cccc3oc4c5ccccc5ccc4c23)c([2H])c1[2H]. The fraction of sp³-hybridized carbons (Fsp3) is 0. The number of rotatable bonds is 4. The van der Waals surface area contributed by atoms with Gasteiger partial charge in [0, 0.05) is 38.5 Å². The topological polar surface area (TPSA) is 29.5 Å². The molecular weight excluding hydrogens is 526 g/mol. The van der Waals surface area contributed by atoms with Crippen molar-refractivity contribution < 1.29 is 30.8 Å². The van der Waals surface area contributed by atoms with E-state index in [0.717, 1.165) is 15.7 Å². The van der Waals surface area contributed by atoms with Crippen LogP contribution in [0.2, 0.25) is 0 Å². The van der Waals surface area contributed by atoms with E-state index in [1.807, 2.05) is 30.3 Å². The Morgan fingerprint density at radius 3 is 2.16 bits per heavy atom. The first-order valence-electron chi connectivity index (χ1n) is 21.2. The minimum Gasteiger partial charge on any atom is -0.455 e. The normalized spacial score (nSPS) is 16.9. The van der Waals surface area contributed by atoms with Crippen LogP contribution >= 0.6 is 0 Å². The van der Waals surface area contributed by atoms with E-state index in [2.05, 4.69) is 0 Å². The van der Waals surface area contributed by atoms with Gasteiger partial charge in [-0.25, -0.2) is 0 Å². The molecule has 2 aromatic heterocycles. The van der Waals surface area contributed by atoms with E-state index in [9.17, 15) is 5.48 Å². The molecule has 0 aliphatic carbocycles. The Kier molecular flexibility index (Phi) is 2.84. The summed E-state index contributed by atoms with van der Waals surface area (Å²) < 4.78 is 153. The van der Waals surface area contributed by atoms with E-state index in [0.29, 0.717) is 21.9 Å². The van der Waals surface area contributed by atoms with Crippen LogP contribution < -0.4 is 4.90 Å². The molecule has 0 bridgehead atoms. The van der Waals surface area contributed by atoms with Crippen molar-refractivity contribution >= 4 is 71.7 Å². The average molecular weight is 568 g/mol. The molecule has 0 saturated carbocycles. The molecule has 0 unspecified atom stereocenters. The summed E-state index contributed by atoms with van der Waals surface area (Å²) in [4.78, 5) is 1.07. The molecule has 0 N–H and O–H groups in total. The molecule has 3 nitrogen and oxygen atoms in total. The van der Waals surface area contributed by atoms with Crippen molar-refractivity contribution in [3.8, 4) is 11.1 Å². The second-order valence-electron chi connectivity index (χ2n) is 9.71. The fourth-order valence-corrected chi connectivity index (χ4v) is 5.48. The minimum atomic E-state index is -0.805. The zero-order chi connectivity index (χ0) is 42.3. The molecule has 0 amide bonds. The number of benzene rings is 7. The molecule has 202 valence electrons. The zero-order valence-electron chi connectivity index (χ0n) is 38.0. The lowest BCUT2D eigenvalue weighted by atomic mass is 10.0. The minimum absolute atomic E-state index is 0.0832. The second kappa shape index (κ2) is 9.37. The summed E-state index contributed by atoms with van der Waals surface area (Å²) in [6.45, 7) is 0. The van der Waals surface area contributed by atoms with Gasteiger partial charge in [-0.3, -0.25) is 0 Å². The molecule has 0 aliphatic heterocycles. The molecule has 3 heteroatoms. The Balaban J connectivity index is 1.42. The highest BCUT2D eigenvalue weighted by Gasteiger charge is 2.20. The monoisotopic (exact) mass is 567 g/mol. The molecule has 2 heterocycles. The third-order valence-corrected chi connectivity index (χ3v) is 7.34. The van der Waals surface area contributed by atoms with Crippen molar-refractivity contribution in [2.45, 2.75) is 0 Å². The third-order valence-electron chi connectivity index (χ3n) is 7.34. The van der Waals surface area contributed by atoms with Gasteiger partial charge >= 0.3 is 0 Å². The summed E-state index contributed by atoms with van der Waals surface area (Å²) in [6, 6.07) is 4.46. The maximum atomic E-state index is 9.50. The van der Waals surface area contributed by atoms with E-state index in [-0.39, 0.29) is 16.5 Å². The predicted molar refractivity (Wildman–Crippen MR) is 179 cm³/mol. The zero-order valence-corrected chi connectivity index (χ0v) is 22.0. The molecule has 0 radical (unpaired) electrons. The first-order valence-corrected chi connectivity index (χ1v) is 13.2. The van der Waals surface area contributed by atoms with Crippen LogP contribution in [0.3, 0.4) is 0 Å². The molecule has 7 aromatic carbocycles. The Bertz CT molecular complexity index is 3320. The fourth-order valence-electron chi connectivity index (χ4n) is 5.48. The lowest BCUT2D eigenvalue weighted by molar-refractivity contribution is 0.670. The van der Waals surface area contributed by atoms with Crippen LogP contribution in [0.5, 0.6) is 0 Å². The van der Waals surface area contributed by atoms with Gasteiger partial charge in [-0.2, -0.15) is 0 Å². The number of fused-ring (bicyclic) bond motifs is 8. The highest BCUT2D eigenvalue weighted by Crippen LogP contribution is 2.44. The van der Waals surface area contributed by atoms with Crippen molar-refractivity contribution in [2.75, 3.05) is 4.90 Å². The highest BCUT2D eigenvalue weighted by atomic mass is 16.3. The Labute approximate surface area is 270 Å². The van der Waals surface area contributed by atoms with Gasteiger partial charge in [0.2, 0.25) is 0 Å². The van der Waals surface area contributed by atoms with E-state index in [1.165, 1.54) is 6.07 Å². The number of anilines is 3. The molecule has 0 saturated heterocycles. The highest BCUT2D eigenvalue weighted by molar-refractivity contribution is 6.19. The molecule has 0 spiro atoms. The van der Waals surface area contributed by atoms with E-state index in [4.69, 9.17) is 25.3 Å². The number of nitrogens with zero attached hydrogens (tertiary/aromatic N) is 1. The van der Waals surface area contributed by atoms with Crippen molar-refractivity contribution in [3.05, 3.63) is 151 Å². The number of hydrogen-bond acceptors (Lipinski definition) is 3. The first-order chi connectivity index (χ1) is 28.0. The maximum Gasteiger partial charge on any atom is 0.143 e. The molecule has 0 aliphatic rings. The Morgan fingerprint density at radius 2 is 1.26 bits per heavy atom. The molecule has 0 atom stereocenters. The van der Waals surface area contributed by atoms with E-state index < -0.39 is 130 Å². The van der Waals surface area contributed by atoms with E-state index >= 15 is 0 Å². The number of hydrogen-bond donors (Lipinski definition) is 0. The molecule has 9 aromatic rings. The lowest BCUT2D eigenvalue weighted by Gasteiger charge is -2.26. The van der Waals surface area contributed by atoms with Gasteiger partial charge in [0.15, 0.2) is 0 Å². The largest absolute Gasteiger partial charge is 0.455 e. The van der Waals surface area contributed by atoms with Gasteiger partial charge in [0.25, 0.3) is 0 Å². The van der Waals surface area contributed by atoms with Crippen molar-refractivity contribution in [2.24, 2.45) is 0 Å². The summed E-state index contributed by atoms with van der Waals surface area (Å²) in [5.74, 6) is 0. The summed E-state index contributed by atoms with van der Waals surface area (Å²) in [6.07, 6.45) is 0. The van der Waals surface area contributed by atoms with Crippen molar-refractivity contribution in [3.63, 3.8) is 0 Å². The maximum absolute atomic E-state index is 9.50. The van der Waals surface area contributed by atoms with Crippen LogP contribution in [0.15, 0.2) is 160 Å². The summed E-state index contributed by atoms with van der Waals surface area (Å²) >= 11 is 0. The summed E-state index contributed by atoms with van der Waals surface area (Å²) in [5.41, 5.74) is -2.08. The van der Waals surface area contributed by atoms with Gasteiger partial charge in [0.1, 0.15) is 22.3 Å². The molecular formula is C40H25NO2. The van der Waals surface area contributed by atoms with Gasteiger partial charge in [-0.15, -0.1) is 0 Å². The van der Waals surface area contributed by atoms with Gasteiger partial charge in [-0.1, -0.05) is 103 Å². The van der Waals surface area contributed by atoms with Crippen LogP contribution in [0.25, 0.3) is 65.8 Å². The van der Waals surface area contributed by atoms with Gasteiger partial charge < -0.3 is 13.7 Å². The summed E-state index contributed by atoms with van der Waals surface area (Å²) in [5, 5.41) is 1.95. The summed E-state index contributed by atoms with van der Waals surface area (Å²) in [7, 11) is 0. The average Bonchev–Trinajstić information content (AvgIpc) is 3.83. The van der Waals surface area contributed by atoms with Gasteiger partial charge in [-0.05, 0) is 59.4 Å². The third kappa shape index (κ3) is 3.68. The quantitative estimate of drug-likeness (QED) is 0.212. The van der Waals surface area contributed by atoms with Crippen LogP contribution in [0.1, 0.15) is 21.9 Å². The van der Waals surface area contributed by atoms with Gasteiger partial charge in [0.05, 0.1) is 33.0 Å². The smallest absolute Gasteiger partial charge is 0.143 e. The lowest BCUT2D eigenvalue weighted by Crippen LogP contribution is -2.10. The first kappa shape index (κ1) is 13.0. The Hall–Kier alpha value is -5.80. The molecule has 0 fully saturated rings. The molecule has 43 heavy (non-hydrogen) atoms. The predicted octanol–water partition coefficient (Wildman–Crippen LogP) is 11.8. The van der Waals surface area contributed by atoms with Crippen LogP contribution in [-0.4, -0.2) is 0 Å². The molecule has 9 rings (SSSR count). The van der Waals surface area contributed by atoms with E-state index in [1.54, 1.807) is 18.2 Å². The standard InChI is InChI=1S/C40H25NO2/c1-2-11-28(12-3-1)41(35-17-9-19-37-38(35)34-25-22-26-10-4-5-13-30(26)40(34)43-37)29-23-20-27(21-24-29)31-15-8-16-33-32-14-6-7-18-36(32)42-39(31)33/h1-25H/i1D,2D,3D,6D,7D,8D,11D,12D,14D,15D,16D,18D,20D,21D,23D,24D. The Morgan fingerprint density at radius 1 is 0.488 bits per heavy atom. The number of furan rings is 2.